The van der Waals surface area contributed by atoms with Gasteiger partial charge in [0, 0.05) is 22.8 Å². The molecule has 0 aliphatic carbocycles. The second-order valence-corrected chi connectivity index (χ2v) is 5.24. The number of amidine groups is 1. The van der Waals surface area contributed by atoms with E-state index < -0.39 is 0 Å². The van der Waals surface area contributed by atoms with E-state index in [4.69, 9.17) is 0 Å². The molecule has 0 aliphatic rings. The van der Waals surface area contributed by atoms with E-state index in [0.29, 0.717) is 6.04 Å². The van der Waals surface area contributed by atoms with Crippen molar-refractivity contribution in [3.8, 4) is 0 Å². The third kappa shape index (κ3) is 9.62. The summed E-state index contributed by atoms with van der Waals surface area (Å²) >= 11 is 0. The van der Waals surface area contributed by atoms with Crippen molar-refractivity contribution < 1.29 is 16.8 Å². The van der Waals surface area contributed by atoms with Crippen LogP contribution in [-0.4, -0.2) is 42.0 Å². The van der Waals surface area contributed by atoms with Gasteiger partial charge in [-0.3, -0.25) is 0 Å². The zero-order chi connectivity index (χ0) is 12.8. The number of likely N-dealkylation sites (N-methyl/N-ethyl adjacent to an activating group) is 1. The van der Waals surface area contributed by atoms with Crippen molar-refractivity contribution in [3.63, 3.8) is 0 Å². The van der Waals surface area contributed by atoms with E-state index >= 15 is 0 Å². The number of hydrogen-bond donors (Lipinski definition) is 0. The molecule has 0 spiro atoms. The molecule has 0 aliphatic heterocycles. The van der Waals surface area contributed by atoms with Crippen LogP contribution in [0.2, 0.25) is 0 Å². The SMILES string of the molecule is CCN(CC)C(C)C[N-]C(C)=NC(C)(C)C.[Co]. The first-order valence-electron chi connectivity index (χ1n) is 6.28. The van der Waals surface area contributed by atoms with E-state index in [-0.39, 0.29) is 22.3 Å². The van der Waals surface area contributed by atoms with E-state index in [9.17, 15) is 0 Å². The van der Waals surface area contributed by atoms with E-state index in [2.05, 4.69) is 56.8 Å². The Balaban J connectivity index is 0. The van der Waals surface area contributed by atoms with Gasteiger partial charge in [0.05, 0.1) is 0 Å². The molecule has 0 N–H and O–H groups in total. The zero-order valence-corrected chi connectivity index (χ0v) is 13.4. The molecule has 1 radical (unpaired) electrons. The molecule has 0 aromatic heterocycles. The van der Waals surface area contributed by atoms with Gasteiger partial charge in [0.15, 0.2) is 0 Å². The quantitative estimate of drug-likeness (QED) is 0.563. The summed E-state index contributed by atoms with van der Waals surface area (Å²) in [5.74, 6) is 0.909. The smallest absolute Gasteiger partial charge is 0.00597 e. The molecule has 3 nitrogen and oxygen atoms in total. The molecule has 0 aromatic rings. The first-order valence-corrected chi connectivity index (χ1v) is 6.28. The van der Waals surface area contributed by atoms with E-state index in [1.54, 1.807) is 0 Å². The zero-order valence-electron chi connectivity index (χ0n) is 12.4. The second kappa shape index (κ2) is 8.95. The summed E-state index contributed by atoms with van der Waals surface area (Å²) in [6, 6.07) is 0.500. The molecule has 0 heterocycles. The van der Waals surface area contributed by atoms with Crippen molar-refractivity contribution in [2.45, 2.75) is 60.0 Å². The summed E-state index contributed by atoms with van der Waals surface area (Å²) in [5.41, 5.74) is -0.0218. The van der Waals surface area contributed by atoms with E-state index in [0.717, 1.165) is 25.5 Å². The maximum Gasteiger partial charge on any atom is 0.00597 e. The molecule has 1 atom stereocenters. The Morgan fingerprint density at radius 1 is 1.24 bits per heavy atom. The summed E-state index contributed by atoms with van der Waals surface area (Å²) < 4.78 is 0. The molecule has 1 unspecified atom stereocenters. The summed E-state index contributed by atoms with van der Waals surface area (Å²) in [6.45, 7) is 17.9. The molecule has 0 aromatic carbocycles. The Kier molecular flexibility index (Phi) is 10.1. The van der Waals surface area contributed by atoms with Crippen molar-refractivity contribution in [1.29, 1.82) is 0 Å². The van der Waals surface area contributed by atoms with Crippen LogP contribution in [0, 0.1) is 0 Å². The minimum absolute atomic E-state index is 0. The number of nitrogens with zero attached hydrogens (tertiary/aromatic N) is 3. The van der Waals surface area contributed by atoms with Crippen LogP contribution in [0.15, 0.2) is 4.99 Å². The second-order valence-electron chi connectivity index (χ2n) is 5.24. The first-order chi connectivity index (χ1) is 7.30. The summed E-state index contributed by atoms with van der Waals surface area (Å²) in [5, 5.41) is 4.53. The maximum atomic E-state index is 4.53. The van der Waals surface area contributed by atoms with Crippen LogP contribution < -0.4 is 0 Å². The Morgan fingerprint density at radius 3 is 2.06 bits per heavy atom. The van der Waals surface area contributed by atoms with Crippen molar-refractivity contribution >= 4 is 5.84 Å². The van der Waals surface area contributed by atoms with Gasteiger partial charge in [0.1, 0.15) is 0 Å². The normalized spacial score (nSPS) is 14.5. The van der Waals surface area contributed by atoms with Gasteiger partial charge < -0.3 is 15.2 Å². The van der Waals surface area contributed by atoms with Gasteiger partial charge in [0.25, 0.3) is 0 Å². The van der Waals surface area contributed by atoms with Gasteiger partial charge in [-0.15, -0.1) is 0 Å². The fourth-order valence-electron chi connectivity index (χ4n) is 1.75. The third-order valence-corrected chi connectivity index (χ3v) is 2.52. The Labute approximate surface area is 118 Å². The van der Waals surface area contributed by atoms with E-state index in [1.807, 2.05) is 6.92 Å². The Morgan fingerprint density at radius 2 is 1.71 bits per heavy atom. The van der Waals surface area contributed by atoms with Crippen molar-refractivity contribution in [2.24, 2.45) is 4.99 Å². The van der Waals surface area contributed by atoms with Crippen molar-refractivity contribution in [2.75, 3.05) is 19.6 Å². The van der Waals surface area contributed by atoms with Crippen LogP contribution in [0.25, 0.3) is 5.32 Å². The minimum Gasteiger partial charge on any atom is -0.468 e. The molecule has 0 saturated heterocycles. The maximum absolute atomic E-state index is 4.53. The van der Waals surface area contributed by atoms with Crippen LogP contribution in [0.4, 0.5) is 0 Å². The van der Waals surface area contributed by atoms with Crippen LogP contribution in [-0.2, 0) is 16.8 Å². The Hall–Kier alpha value is -0.0635. The number of rotatable bonds is 5. The molecular formula is C13H28CoN3-. The molecular weight excluding hydrogens is 257 g/mol. The van der Waals surface area contributed by atoms with Gasteiger partial charge in [-0.2, -0.15) is 0 Å². The molecule has 0 bridgehead atoms. The molecule has 105 valence electrons. The van der Waals surface area contributed by atoms with Gasteiger partial charge >= 0.3 is 0 Å². The summed E-state index contributed by atoms with van der Waals surface area (Å²) in [4.78, 5) is 6.93. The summed E-state index contributed by atoms with van der Waals surface area (Å²) in [6.07, 6.45) is 0. The van der Waals surface area contributed by atoms with Crippen LogP contribution in [0.5, 0.6) is 0 Å². The molecule has 0 rings (SSSR count). The van der Waals surface area contributed by atoms with Crippen LogP contribution >= 0.6 is 0 Å². The van der Waals surface area contributed by atoms with Crippen LogP contribution in [0.1, 0.15) is 48.5 Å². The average Bonchev–Trinajstić information content (AvgIpc) is 2.14. The first kappa shape index (κ1) is 19.3. The number of hydrogen-bond acceptors (Lipinski definition) is 2. The monoisotopic (exact) mass is 285 g/mol. The van der Waals surface area contributed by atoms with Crippen LogP contribution in [0.3, 0.4) is 0 Å². The molecule has 4 heteroatoms. The molecule has 0 saturated carbocycles. The molecule has 0 fully saturated rings. The minimum atomic E-state index is -0.0218. The average molecular weight is 285 g/mol. The van der Waals surface area contributed by atoms with Gasteiger partial charge in [0.2, 0.25) is 0 Å². The predicted octanol–water partition coefficient (Wildman–Crippen LogP) is 3.30. The standard InChI is InChI=1S/C13H28N3.Co/c1-8-16(9-2)11(3)10-14-12(4)15-13(5,6)7;/h11H,8-10H2,1-7H3;/q-1;. The van der Waals surface area contributed by atoms with E-state index in [1.165, 1.54) is 0 Å². The predicted molar refractivity (Wildman–Crippen MR) is 73.5 cm³/mol. The van der Waals surface area contributed by atoms with Crippen molar-refractivity contribution in [1.82, 2.24) is 4.90 Å². The summed E-state index contributed by atoms with van der Waals surface area (Å²) in [7, 11) is 0. The third-order valence-electron chi connectivity index (χ3n) is 2.52. The van der Waals surface area contributed by atoms with Gasteiger partial charge in [-0.25, -0.2) is 0 Å². The number of aliphatic imine (C=N–C) groups is 1. The Bertz CT molecular complexity index is 217. The van der Waals surface area contributed by atoms with Gasteiger partial charge in [-0.05, 0) is 39.0 Å². The fraction of sp³-hybridized carbons (Fsp3) is 0.923. The van der Waals surface area contributed by atoms with Gasteiger partial charge in [-0.1, -0.05) is 40.5 Å². The van der Waals surface area contributed by atoms with Crippen molar-refractivity contribution in [3.05, 3.63) is 5.32 Å². The molecule has 0 amide bonds. The molecule has 17 heavy (non-hydrogen) atoms. The fourth-order valence-corrected chi connectivity index (χ4v) is 1.75. The largest absolute Gasteiger partial charge is 0.468 e. The topological polar surface area (TPSA) is 29.7 Å².